The highest BCUT2D eigenvalue weighted by Gasteiger charge is 2.34. The van der Waals surface area contributed by atoms with Crippen molar-refractivity contribution in [3.05, 3.63) is 18.0 Å². The minimum Gasteiger partial charge on any atom is -0.357 e. The van der Waals surface area contributed by atoms with Gasteiger partial charge >= 0.3 is 0 Å². The molecule has 0 bridgehead atoms. The standard InChI is InChI=1S/C12H19N5O2/c1-13-11(18)10-8-15(2)4-5-17(10)12(19)9-6-14-16(3)7-9/h6-7,10H,4-5,8H2,1-3H3,(H,13,18)/t10-/m1/s1. The molecule has 1 fully saturated rings. The van der Waals surface area contributed by atoms with Crippen LogP contribution in [0, 0.1) is 0 Å². The molecule has 104 valence electrons. The molecular formula is C12H19N5O2. The van der Waals surface area contributed by atoms with Crippen molar-refractivity contribution in [3.8, 4) is 0 Å². The zero-order chi connectivity index (χ0) is 14.0. The summed E-state index contributed by atoms with van der Waals surface area (Å²) in [6.45, 7) is 1.85. The number of piperazine rings is 1. The van der Waals surface area contributed by atoms with E-state index in [-0.39, 0.29) is 11.8 Å². The van der Waals surface area contributed by atoms with Gasteiger partial charge in [-0.05, 0) is 7.05 Å². The van der Waals surface area contributed by atoms with Crippen LogP contribution < -0.4 is 5.32 Å². The molecular weight excluding hydrogens is 246 g/mol. The molecule has 7 heteroatoms. The summed E-state index contributed by atoms with van der Waals surface area (Å²) < 4.78 is 1.58. The van der Waals surface area contributed by atoms with Gasteiger partial charge in [-0.15, -0.1) is 0 Å². The van der Waals surface area contributed by atoms with Gasteiger partial charge in [0.1, 0.15) is 6.04 Å². The second-order valence-electron chi connectivity index (χ2n) is 4.79. The summed E-state index contributed by atoms with van der Waals surface area (Å²) in [6.07, 6.45) is 3.20. The number of hydrogen-bond acceptors (Lipinski definition) is 4. The van der Waals surface area contributed by atoms with Crippen LogP contribution >= 0.6 is 0 Å². The van der Waals surface area contributed by atoms with Crippen molar-refractivity contribution in [2.75, 3.05) is 33.7 Å². The van der Waals surface area contributed by atoms with E-state index < -0.39 is 6.04 Å². The number of amides is 2. The van der Waals surface area contributed by atoms with Gasteiger partial charge in [-0.2, -0.15) is 5.10 Å². The van der Waals surface area contributed by atoms with Gasteiger partial charge in [0.25, 0.3) is 5.91 Å². The number of hydrogen-bond donors (Lipinski definition) is 1. The van der Waals surface area contributed by atoms with Gasteiger partial charge in [-0.3, -0.25) is 14.3 Å². The smallest absolute Gasteiger partial charge is 0.257 e. The molecule has 1 aliphatic heterocycles. The van der Waals surface area contributed by atoms with Crippen LogP contribution in [0.25, 0.3) is 0 Å². The number of nitrogens with one attached hydrogen (secondary N) is 1. The van der Waals surface area contributed by atoms with Gasteiger partial charge < -0.3 is 15.1 Å². The lowest BCUT2D eigenvalue weighted by Crippen LogP contribution is -2.59. The van der Waals surface area contributed by atoms with Gasteiger partial charge in [0, 0.05) is 39.9 Å². The third-order valence-corrected chi connectivity index (χ3v) is 3.35. The Kier molecular flexibility index (Phi) is 3.84. The maximum absolute atomic E-state index is 12.4. The van der Waals surface area contributed by atoms with E-state index in [1.807, 2.05) is 11.9 Å². The van der Waals surface area contributed by atoms with Crippen molar-refractivity contribution in [2.24, 2.45) is 7.05 Å². The van der Waals surface area contributed by atoms with E-state index in [4.69, 9.17) is 0 Å². The van der Waals surface area contributed by atoms with Crippen LogP contribution in [0.5, 0.6) is 0 Å². The summed E-state index contributed by atoms with van der Waals surface area (Å²) >= 11 is 0. The summed E-state index contributed by atoms with van der Waals surface area (Å²) in [7, 11) is 5.29. The Hall–Kier alpha value is -1.89. The largest absolute Gasteiger partial charge is 0.357 e. The third-order valence-electron chi connectivity index (χ3n) is 3.35. The fourth-order valence-electron chi connectivity index (χ4n) is 2.25. The van der Waals surface area contributed by atoms with E-state index in [0.717, 1.165) is 6.54 Å². The quantitative estimate of drug-likeness (QED) is 0.738. The molecule has 0 aliphatic carbocycles. The molecule has 1 aromatic heterocycles. The van der Waals surface area contributed by atoms with Gasteiger partial charge in [-0.1, -0.05) is 0 Å². The minimum absolute atomic E-state index is 0.135. The molecule has 2 rings (SSSR count). The molecule has 2 heterocycles. The molecule has 0 unspecified atom stereocenters. The maximum atomic E-state index is 12.4. The average Bonchev–Trinajstić information content (AvgIpc) is 2.83. The molecule has 2 amide bonds. The van der Waals surface area contributed by atoms with Crippen molar-refractivity contribution in [1.82, 2.24) is 24.9 Å². The van der Waals surface area contributed by atoms with Crippen LogP contribution in [0.4, 0.5) is 0 Å². The first-order valence-electron chi connectivity index (χ1n) is 6.22. The number of rotatable bonds is 2. The Balaban J connectivity index is 2.20. The summed E-state index contributed by atoms with van der Waals surface area (Å²) in [4.78, 5) is 28.0. The first-order chi connectivity index (χ1) is 9.02. The predicted octanol–water partition coefficient (Wildman–Crippen LogP) is -1.08. The van der Waals surface area contributed by atoms with Crippen molar-refractivity contribution in [2.45, 2.75) is 6.04 Å². The Morgan fingerprint density at radius 1 is 1.37 bits per heavy atom. The normalized spacial score (nSPS) is 20.4. The fraction of sp³-hybridized carbons (Fsp3) is 0.583. The van der Waals surface area contributed by atoms with Crippen molar-refractivity contribution < 1.29 is 9.59 Å². The van der Waals surface area contributed by atoms with Gasteiger partial charge in [-0.25, -0.2) is 0 Å². The van der Waals surface area contributed by atoms with Crippen LogP contribution in [0.3, 0.4) is 0 Å². The van der Waals surface area contributed by atoms with E-state index in [9.17, 15) is 9.59 Å². The van der Waals surface area contributed by atoms with E-state index in [1.165, 1.54) is 6.20 Å². The van der Waals surface area contributed by atoms with Crippen molar-refractivity contribution >= 4 is 11.8 Å². The lowest BCUT2D eigenvalue weighted by molar-refractivity contribution is -0.126. The Labute approximate surface area is 112 Å². The summed E-state index contributed by atoms with van der Waals surface area (Å²) in [5, 5.41) is 6.61. The number of carbonyl (C=O) groups excluding carboxylic acids is 2. The number of aromatic nitrogens is 2. The molecule has 0 aromatic carbocycles. The van der Waals surface area contributed by atoms with Gasteiger partial charge in [0.15, 0.2) is 0 Å². The SMILES string of the molecule is CNC(=O)[C@H]1CN(C)CCN1C(=O)c1cnn(C)c1. The van der Waals surface area contributed by atoms with E-state index >= 15 is 0 Å². The number of carbonyl (C=O) groups is 2. The van der Waals surface area contributed by atoms with Gasteiger partial charge in [0.2, 0.25) is 5.91 Å². The maximum Gasteiger partial charge on any atom is 0.257 e. The lowest BCUT2D eigenvalue weighted by atomic mass is 10.1. The van der Waals surface area contributed by atoms with E-state index in [1.54, 1.807) is 29.9 Å². The average molecular weight is 265 g/mol. The molecule has 1 N–H and O–H groups in total. The number of nitrogens with zero attached hydrogens (tertiary/aromatic N) is 4. The fourth-order valence-corrected chi connectivity index (χ4v) is 2.25. The number of likely N-dealkylation sites (N-methyl/N-ethyl adjacent to an activating group) is 2. The number of aryl methyl sites for hydroxylation is 1. The topological polar surface area (TPSA) is 70.5 Å². The molecule has 1 saturated heterocycles. The Bertz CT molecular complexity index is 484. The molecule has 1 aliphatic rings. The molecule has 1 aromatic rings. The van der Waals surface area contributed by atoms with Crippen LogP contribution in [0.2, 0.25) is 0 Å². The Morgan fingerprint density at radius 2 is 2.11 bits per heavy atom. The van der Waals surface area contributed by atoms with Crippen LogP contribution in [-0.4, -0.2) is 71.2 Å². The predicted molar refractivity (Wildman–Crippen MR) is 69.6 cm³/mol. The molecule has 0 saturated carbocycles. The highest BCUT2D eigenvalue weighted by molar-refractivity contribution is 5.97. The lowest BCUT2D eigenvalue weighted by Gasteiger charge is -2.38. The van der Waals surface area contributed by atoms with Crippen molar-refractivity contribution in [3.63, 3.8) is 0 Å². The van der Waals surface area contributed by atoms with E-state index in [2.05, 4.69) is 10.4 Å². The third kappa shape index (κ3) is 2.76. The van der Waals surface area contributed by atoms with E-state index in [0.29, 0.717) is 18.7 Å². The monoisotopic (exact) mass is 265 g/mol. The highest BCUT2D eigenvalue weighted by Crippen LogP contribution is 2.13. The second kappa shape index (κ2) is 5.40. The highest BCUT2D eigenvalue weighted by atomic mass is 16.2. The molecule has 0 radical (unpaired) electrons. The zero-order valence-electron chi connectivity index (χ0n) is 11.5. The van der Waals surface area contributed by atoms with Crippen molar-refractivity contribution in [1.29, 1.82) is 0 Å². The Morgan fingerprint density at radius 3 is 2.68 bits per heavy atom. The van der Waals surface area contributed by atoms with Gasteiger partial charge in [0.05, 0.1) is 11.8 Å². The van der Waals surface area contributed by atoms with Crippen LogP contribution in [0.15, 0.2) is 12.4 Å². The first-order valence-corrected chi connectivity index (χ1v) is 6.22. The molecule has 1 atom stereocenters. The summed E-state index contributed by atoms with van der Waals surface area (Å²) in [5.74, 6) is -0.279. The minimum atomic E-state index is -0.448. The summed E-state index contributed by atoms with van der Waals surface area (Å²) in [5.41, 5.74) is 0.515. The summed E-state index contributed by atoms with van der Waals surface area (Å²) in [6, 6.07) is -0.448. The molecule has 19 heavy (non-hydrogen) atoms. The molecule has 7 nitrogen and oxygen atoms in total. The van der Waals surface area contributed by atoms with Crippen LogP contribution in [0.1, 0.15) is 10.4 Å². The molecule has 0 spiro atoms. The first kappa shape index (κ1) is 13.5. The zero-order valence-corrected chi connectivity index (χ0v) is 11.5. The van der Waals surface area contributed by atoms with Crippen LogP contribution in [-0.2, 0) is 11.8 Å². The second-order valence-corrected chi connectivity index (χ2v) is 4.79.